The molecule has 1 aliphatic rings. The third-order valence-corrected chi connectivity index (χ3v) is 4.97. The first kappa shape index (κ1) is 15.4. The molecule has 1 rings (SSSR count). The molecule has 0 aromatic carbocycles. The highest BCUT2D eigenvalue weighted by Gasteiger charge is 2.25. The van der Waals surface area contributed by atoms with Crippen molar-refractivity contribution in [3.8, 4) is 0 Å². The van der Waals surface area contributed by atoms with E-state index in [1.165, 1.54) is 19.9 Å². The Kier molecular flexibility index (Phi) is 5.59. The first-order chi connectivity index (χ1) is 8.34. The van der Waals surface area contributed by atoms with Crippen molar-refractivity contribution >= 4 is 15.9 Å². The minimum absolute atomic E-state index is 0.0484. The summed E-state index contributed by atoms with van der Waals surface area (Å²) >= 11 is 0. The lowest BCUT2D eigenvalue weighted by Gasteiger charge is -2.31. The quantitative estimate of drug-likeness (QED) is 0.782. The molecule has 0 radical (unpaired) electrons. The average molecular weight is 276 g/mol. The van der Waals surface area contributed by atoms with Crippen LogP contribution in [0.1, 0.15) is 39.5 Å². The van der Waals surface area contributed by atoms with Crippen LogP contribution in [0.15, 0.2) is 0 Å². The summed E-state index contributed by atoms with van der Waals surface area (Å²) in [7, 11) is -2.15. The second-order valence-electron chi connectivity index (χ2n) is 5.35. The normalized spacial score (nSPS) is 26.6. The van der Waals surface area contributed by atoms with Gasteiger partial charge in [0.2, 0.25) is 15.9 Å². The minimum Gasteiger partial charge on any atom is -0.352 e. The lowest BCUT2D eigenvalue weighted by atomic mass is 9.79. The molecule has 0 saturated heterocycles. The van der Waals surface area contributed by atoms with Gasteiger partial charge in [0.15, 0.2) is 0 Å². The SMILES string of the molecule is CNS(=O)(=O)CC(=O)N[C@H](C)[C@H]1CCC[C@@H](C)C1. The van der Waals surface area contributed by atoms with Crippen LogP contribution in [-0.4, -0.2) is 33.2 Å². The first-order valence-corrected chi connectivity index (χ1v) is 8.20. The molecule has 1 amide bonds. The highest BCUT2D eigenvalue weighted by Crippen LogP contribution is 2.30. The highest BCUT2D eigenvalue weighted by molar-refractivity contribution is 7.90. The van der Waals surface area contributed by atoms with E-state index in [0.29, 0.717) is 11.8 Å². The van der Waals surface area contributed by atoms with Crippen LogP contribution in [0, 0.1) is 11.8 Å². The van der Waals surface area contributed by atoms with E-state index in [1.54, 1.807) is 0 Å². The van der Waals surface area contributed by atoms with E-state index >= 15 is 0 Å². The van der Waals surface area contributed by atoms with Crippen molar-refractivity contribution in [3.63, 3.8) is 0 Å². The van der Waals surface area contributed by atoms with Crippen LogP contribution in [-0.2, 0) is 14.8 Å². The van der Waals surface area contributed by atoms with Crippen LogP contribution in [0.5, 0.6) is 0 Å². The van der Waals surface area contributed by atoms with Crippen molar-refractivity contribution in [2.24, 2.45) is 11.8 Å². The van der Waals surface area contributed by atoms with Gasteiger partial charge in [0.1, 0.15) is 5.75 Å². The molecule has 1 aliphatic carbocycles. The predicted molar refractivity (Wildman–Crippen MR) is 71.6 cm³/mol. The molecule has 0 heterocycles. The van der Waals surface area contributed by atoms with E-state index in [-0.39, 0.29) is 6.04 Å². The van der Waals surface area contributed by atoms with Gasteiger partial charge in [0.05, 0.1) is 0 Å². The van der Waals surface area contributed by atoms with Gasteiger partial charge in [-0.2, -0.15) is 0 Å². The Hall–Kier alpha value is -0.620. The van der Waals surface area contributed by atoms with Gasteiger partial charge in [-0.3, -0.25) is 4.79 Å². The second-order valence-corrected chi connectivity index (χ2v) is 7.28. The summed E-state index contributed by atoms with van der Waals surface area (Å²) in [5, 5.41) is 2.80. The summed E-state index contributed by atoms with van der Waals surface area (Å²) in [5.74, 6) is 0.255. The van der Waals surface area contributed by atoms with E-state index in [2.05, 4.69) is 17.0 Å². The van der Waals surface area contributed by atoms with Crippen molar-refractivity contribution in [2.45, 2.75) is 45.6 Å². The molecule has 0 bridgehead atoms. The molecule has 0 aliphatic heterocycles. The molecule has 1 saturated carbocycles. The molecule has 2 N–H and O–H groups in total. The fourth-order valence-corrected chi connectivity index (χ4v) is 3.17. The fourth-order valence-electron chi connectivity index (χ4n) is 2.59. The molecule has 0 aromatic rings. The number of hydrogen-bond donors (Lipinski definition) is 2. The topological polar surface area (TPSA) is 75.3 Å². The zero-order valence-corrected chi connectivity index (χ0v) is 12.2. The molecule has 0 unspecified atom stereocenters. The summed E-state index contributed by atoms with van der Waals surface area (Å²) in [5.41, 5.74) is 0. The third-order valence-electron chi connectivity index (χ3n) is 3.70. The van der Waals surface area contributed by atoms with Crippen molar-refractivity contribution in [1.29, 1.82) is 0 Å². The van der Waals surface area contributed by atoms with E-state index in [0.717, 1.165) is 12.8 Å². The molecule has 1 fully saturated rings. The Morgan fingerprint density at radius 3 is 2.61 bits per heavy atom. The van der Waals surface area contributed by atoms with Crippen LogP contribution in [0.4, 0.5) is 0 Å². The zero-order chi connectivity index (χ0) is 13.8. The predicted octanol–water partition coefficient (Wildman–Crippen LogP) is 0.867. The molecule has 5 nitrogen and oxygen atoms in total. The van der Waals surface area contributed by atoms with Crippen LogP contribution >= 0.6 is 0 Å². The van der Waals surface area contributed by atoms with Gasteiger partial charge in [-0.1, -0.05) is 19.8 Å². The Morgan fingerprint density at radius 2 is 2.06 bits per heavy atom. The standard InChI is InChI=1S/C12H24N2O3S/c1-9-5-4-6-11(7-9)10(2)14-12(15)8-18(16,17)13-3/h9-11,13H,4-8H2,1-3H3,(H,14,15)/t9-,10-,11+/m1/s1. The Balaban J connectivity index is 2.44. The first-order valence-electron chi connectivity index (χ1n) is 6.54. The number of carbonyl (C=O) groups excluding carboxylic acids is 1. The number of carbonyl (C=O) groups is 1. The van der Waals surface area contributed by atoms with Gasteiger partial charge in [-0.25, -0.2) is 13.1 Å². The molecular formula is C12H24N2O3S. The summed E-state index contributed by atoms with van der Waals surface area (Å²) < 4.78 is 24.6. The lowest BCUT2D eigenvalue weighted by molar-refractivity contribution is -0.119. The van der Waals surface area contributed by atoms with Gasteiger partial charge < -0.3 is 5.32 Å². The highest BCUT2D eigenvalue weighted by atomic mass is 32.2. The second kappa shape index (κ2) is 6.52. The van der Waals surface area contributed by atoms with Gasteiger partial charge >= 0.3 is 0 Å². The van der Waals surface area contributed by atoms with E-state index in [4.69, 9.17) is 0 Å². The number of sulfonamides is 1. The Bertz CT molecular complexity index is 381. The van der Waals surface area contributed by atoms with E-state index in [9.17, 15) is 13.2 Å². The van der Waals surface area contributed by atoms with Crippen molar-refractivity contribution in [3.05, 3.63) is 0 Å². The van der Waals surface area contributed by atoms with Gasteiger partial charge in [-0.05, 0) is 38.6 Å². The van der Waals surface area contributed by atoms with Crippen molar-refractivity contribution in [2.75, 3.05) is 12.8 Å². The summed E-state index contributed by atoms with van der Waals surface area (Å²) in [4.78, 5) is 11.6. The maximum absolute atomic E-state index is 11.6. The molecule has 6 heteroatoms. The molecule has 106 valence electrons. The van der Waals surface area contributed by atoms with Gasteiger partial charge in [0, 0.05) is 6.04 Å². The van der Waals surface area contributed by atoms with Gasteiger partial charge in [-0.15, -0.1) is 0 Å². The number of rotatable bonds is 5. The lowest BCUT2D eigenvalue weighted by Crippen LogP contribution is -2.43. The molecule has 3 atom stereocenters. The molecule has 0 spiro atoms. The zero-order valence-electron chi connectivity index (χ0n) is 11.4. The molecule has 0 aromatic heterocycles. The Labute approximate surface area is 110 Å². The summed E-state index contributed by atoms with van der Waals surface area (Å²) in [6.45, 7) is 4.19. The molecular weight excluding hydrogens is 252 g/mol. The van der Waals surface area contributed by atoms with Gasteiger partial charge in [0.25, 0.3) is 0 Å². The van der Waals surface area contributed by atoms with E-state index in [1.807, 2.05) is 6.92 Å². The smallest absolute Gasteiger partial charge is 0.236 e. The maximum Gasteiger partial charge on any atom is 0.236 e. The largest absolute Gasteiger partial charge is 0.352 e. The maximum atomic E-state index is 11.6. The monoisotopic (exact) mass is 276 g/mol. The summed E-state index contributed by atoms with van der Waals surface area (Å²) in [6.07, 6.45) is 4.68. The van der Waals surface area contributed by atoms with Crippen LogP contribution < -0.4 is 10.0 Å². The van der Waals surface area contributed by atoms with Crippen LogP contribution in [0.2, 0.25) is 0 Å². The Morgan fingerprint density at radius 1 is 1.39 bits per heavy atom. The average Bonchev–Trinajstić information content (AvgIpc) is 2.28. The van der Waals surface area contributed by atoms with Crippen molar-refractivity contribution < 1.29 is 13.2 Å². The van der Waals surface area contributed by atoms with Crippen LogP contribution in [0.3, 0.4) is 0 Å². The van der Waals surface area contributed by atoms with Crippen LogP contribution in [0.25, 0.3) is 0 Å². The number of amides is 1. The fraction of sp³-hybridized carbons (Fsp3) is 0.917. The summed E-state index contributed by atoms with van der Waals surface area (Å²) in [6, 6.07) is 0.0484. The number of nitrogens with one attached hydrogen (secondary N) is 2. The number of hydrogen-bond acceptors (Lipinski definition) is 3. The van der Waals surface area contributed by atoms with Crippen molar-refractivity contribution in [1.82, 2.24) is 10.0 Å². The molecule has 18 heavy (non-hydrogen) atoms. The minimum atomic E-state index is -3.47. The van der Waals surface area contributed by atoms with E-state index < -0.39 is 21.7 Å². The third kappa shape index (κ3) is 4.94.